The van der Waals surface area contributed by atoms with Crippen molar-refractivity contribution in [3.8, 4) is 5.75 Å². The molecule has 1 heterocycles. The van der Waals surface area contributed by atoms with Crippen molar-refractivity contribution in [2.45, 2.75) is 38.1 Å². The van der Waals surface area contributed by atoms with E-state index >= 15 is 0 Å². The zero-order valence-corrected chi connectivity index (χ0v) is 13.0. The molecule has 1 saturated carbocycles. The number of carboxylic acid groups (broad SMARTS) is 1. The van der Waals surface area contributed by atoms with Crippen LogP contribution in [0.25, 0.3) is 0 Å². The number of ether oxygens (including phenoxy) is 1. The molecular formula is C17H20FNO4. The van der Waals surface area contributed by atoms with Gasteiger partial charge >= 0.3 is 5.97 Å². The summed E-state index contributed by atoms with van der Waals surface area (Å²) in [4.78, 5) is 25.4. The van der Waals surface area contributed by atoms with Crippen LogP contribution in [0.2, 0.25) is 0 Å². The highest BCUT2D eigenvalue weighted by Gasteiger charge is 2.58. The Hall–Kier alpha value is -2.11. The summed E-state index contributed by atoms with van der Waals surface area (Å²) in [5, 5.41) is 9.49. The second kappa shape index (κ2) is 5.83. The first-order valence-corrected chi connectivity index (χ1v) is 7.81. The largest absolute Gasteiger partial charge is 0.494 e. The van der Waals surface area contributed by atoms with E-state index in [0.717, 1.165) is 25.7 Å². The zero-order chi connectivity index (χ0) is 16.6. The number of likely N-dealkylation sites (tertiary alicyclic amines) is 1. The molecule has 2 fully saturated rings. The summed E-state index contributed by atoms with van der Waals surface area (Å²) in [5.74, 6) is -1.60. The molecular weight excluding hydrogens is 301 g/mol. The van der Waals surface area contributed by atoms with E-state index in [-0.39, 0.29) is 23.5 Å². The molecule has 3 rings (SSSR count). The molecule has 1 aliphatic carbocycles. The molecule has 0 unspecified atom stereocenters. The second-order valence-electron chi connectivity index (χ2n) is 6.48. The number of benzene rings is 1. The number of carboxylic acids is 1. The van der Waals surface area contributed by atoms with E-state index in [2.05, 4.69) is 0 Å². The van der Waals surface area contributed by atoms with Gasteiger partial charge in [0.1, 0.15) is 6.04 Å². The van der Waals surface area contributed by atoms with Gasteiger partial charge in [0.05, 0.1) is 13.5 Å². The molecule has 1 N–H and O–H groups in total. The lowest BCUT2D eigenvalue weighted by atomic mass is 9.70. The first kappa shape index (κ1) is 15.8. The summed E-state index contributed by atoms with van der Waals surface area (Å²) in [6.07, 6.45) is 3.78. The highest BCUT2D eigenvalue weighted by Crippen LogP contribution is 2.50. The number of methoxy groups -OCH3 is 1. The van der Waals surface area contributed by atoms with Gasteiger partial charge in [-0.15, -0.1) is 0 Å². The van der Waals surface area contributed by atoms with Gasteiger partial charge in [0.15, 0.2) is 11.6 Å². The van der Waals surface area contributed by atoms with E-state index in [1.807, 2.05) is 0 Å². The molecule has 5 nitrogen and oxygen atoms in total. The van der Waals surface area contributed by atoms with Gasteiger partial charge in [-0.2, -0.15) is 0 Å². The summed E-state index contributed by atoms with van der Waals surface area (Å²) in [7, 11) is 1.38. The number of nitrogens with zero attached hydrogens (tertiary/aromatic N) is 1. The Morgan fingerprint density at radius 1 is 1.39 bits per heavy atom. The molecule has 0 aromatic heterocycles. The minimum absolute atomic E-state index is 0.000768. The molecule has 1 aliphatic heterocycles. The van der Waals surface area contributed by atoms with Crippen LogP contribution in [-0.4, -0.2) is 41.6 Å². The Kier molecular flexibility index (Phi) is 4.00. The summed E-state index contributed by atoms with van der Waals surface area (Å²) in [5.41, 5.74) is 0.275. The third-order valence-electron chi connectivity index (χ3n) is 5.10. The third kappa shape index (κ3) is 2.66. The minimum atomic E-state index is -0.938. The lowest BCUT2D eigenvalue weighted by Gasteiger charge is -2.53. The van der Waals surface area contributed by atoms with E-state index < -0.39 is 17.8 Å². The Morgan fingerprint density at radius 2 is 2.09 bits per heavy atom. The van der Waals surface area contributed by atoms with Crippen molar-refractivity contribution in [2.24, 2.45) is 5.41 Å². The number of carbonyl (C=O) groups is 2. The van der Waals surface area contributed by atoms with E-state index in [1.165, 1.54) is 24.1 Å². The number of aliphatic carboxylic acids is 1. The summed E-state index contributed by atoms with van der Waals surface area (Å²) in [6, 6.07) is 3.63. The Bertz CT molecular complexity index is 639. The van der Waals surface area contributed by atoms with Gasteiger partial charge in [-0.25, -0.2) is 9.18 Å². The average molecular weight is 321 g/mol. The first-order chi connectivity index (χ1) is 11.0. The zero-order valence-electron chi connectivity index (χ0n) is 13.0. The van der Waals surface area contributed by atoms with Crippen LogP contribution < -0.4 is 4.74 Å². The van der Waals surface area contributed by atoms with Gasteiger partial charge < -0.3 is 14.7 Å². The highest BCUT2D eigenvalue weighted by atomic mass is 19.1. The highest BCUT2D eigenvalue weighted by molar-refractivity contribution is 5.87. The van der Waals surface area contributed by atoms with Gasteiger partial charge in [-0.1, -0.05) is 18.9 Å². The van der Waals surface area contributed by atoms with Crippen LogP contribution in [-0.2, 0) is 16.0 Å². The summed E-state index contributed by atoms with van der Waals surface area (Å²) in [6.45, 7) is 0.501. The van der Waals surface area contributed by atoms with Crippen LogP contribution in [0.4, 0.5) is 4.39 Å². The lowest BCUT2D eigenvalue weighted by Crippen LogP contribution is -2.68. The smallest absolute Gasteiger partial charge is 0.327 e. The van der Waals surface area contributed by atoms with Gasteiger partial charge in [-0.3, -0.25) is 4.79 Å². The van der Waals surface area contributed by atoms with Crippen LogP contribution in [0, 0.1) is 11.2 Å². The maximum Gasteiger partial charge on any atom is 0.327 e. The number of carbonyl (C=O) groups excluding carboxylic acids is 1. The fourth-order valence-corrected chi connectivity index (χ4v) is 3.97. The van der Waals surface area contributed by atoms with Crippen molar-refractivity contribution in [3.05, 3.63) is 29.6 Å². The number of amides is 1. The van der Waals surface area contributed by atoms with Crippen molar-refractivity contribution in [1.29, 1.82) is 0 Å². The van der Waals surface area contributed by atoms with Gasteiger partial charge in [-0.05, 0) is 30.5 Å². The number of hydrogen-bond acceptors (Lipinski definition) is 3. The van der Waals surface area contributed by atoms with Crippen LogP contribution in [0.15, 0.2) is 18.2 Å². The Balaban J connectivity index is 1.71. The minimum Gasteiger partial charge on any atom is -0.494 e. The molecule has 0 bridgehead atoms. The number of hydrogen-bond donors (Lipinski definition) is 1. The fourth-order valence-electron chi connectivity index (χ4n) is 3.97. The van der Waals surface area contributed by atoms with E-state index in [0.29, 0.717) is 12.1 Å². The summed E-state index contributed by atoms with van der Waals surface area (Å²) >= 11 is 0. The Labute approximate surface area is 134 Å². The van der Waals surface area contributed by atoms with E-state index in [1.54, 1.807) is 6.07 Å². The van der Waals surface area contributed by atoms with Crippen LogP contribution >= 0.6 is 0 Å². The molecule has 2 aliphatic rings. The van der Waals surface area contributed by atoms with Crippen LogP contribution in [0.1, 0.15) is 31.2 Å². The standard InChI is InChI=1S/C17H20FNO4/c1-23-13-5-4-11(8-12(13)18)9-14(20)19-10-17(6-2-3-7-17)15(19)16(21)22/h4-5,8,15H,2-3,6-7,9-10H2,1H3,(H,21,22)/t15-/m1/s1. The van der Waals surface area contributed by atoms with Crippen LogP contribution in [0.5, 0.6) is 5.75 Å². The maximum atomic E-state index is 13.7. The Morgan fingerprint density at radius 3 is 2.65 bits per heavy atom. The van der Waals surface area contributed by atoms with Gasteiger partial charge in [0.2, 0.25) is 5.91 Å². The van der Waals surface area contributed by atoms with Gasteiger partial charge in [0.25, 0.3) is 0 Å². The fraction of sp³-hybridized carbons (Fsp3) is 0.529. The number of rotatable bonds is 4. The molecule has 124 valence electrons. The monoisotopic (exact) mass is 321 g/mol. The van der Waals surface area contributed by atoms with Crippen molar-refractivity contribution in [1.82, 2.24) is 4.90 Å². The molecule has 1 aromatic carbocycles. The lowest BCUT2D eigenvalue weighted by molar-refractivity contribution is -0.174. The molecule has 1 spiro atoms. The average Bonchev–Trinajstić information content (AvgIpc) is 2.95. The maximum absolute atomic E-state index is 13.7. The number of halogens is 1. The first-order valence-electron chi connectivity index (χ1n) is 7.81. The summed E-state index contributed by atoms with van der Waals surface area (Å²) < 4.78 is 18.5. The topological polar surface area (TPSA) is 66.8 Å². The molecule has 0 radical (unpaired) electrons. The quantitative estimate of drug-likeness (QED) is 0.923. The van der Waals surface area contributed by atoms with Crippen LogP contribution in [0.3, 0.4) is 0 Å². The van der Waals surface area contributed by atoms with E-state index in [9.17, 15) is 19.1 Å². The van der Waals surface area contributed by atoms with Crippen molar-refractivity contribution in [2.75, 3.05) is 13.7 Å². The SMILES string of the molecule is COc1ccc(CC(=O)N2CC3(CCCC3)[C@H]2C(=O)O)cc1F. The van der Waals surface area contributed by atoms with Crippen molar-refractivity contribution in [3.63, 3.8) is 0 Å². The molecule has 23 heavy (non-hydrogen) atoms. The van der Waals surface area contributed by atoms with Crippen molar-refractivity contribution < 1.29 is 23.8 Å². The third-order valence-corrected chi connectivity index (χ3v) is 5.10. The van der Waals surface area contributed by atoms with Crippen molar-refractivity contribution >= 4 is 11.9 Å². The molecule has 1 atom stereocenters. The predicted octanol–water partition coefficient (Wildman–Crippen LogP) is 2.23. The molecule has 1 saturated heterocycles. The molecule has 1 amide bonds. The molecule has 6 heteroatoms. The van der Waals surface area contributed by atoms with Gasteiger partial charge in [0, 0.05) is 12.0 Å². The predicted molar refractivity (Wildman–Crippen MR) is 80.7 cm³/mol. The second-order valence-corrected chi connectivity index (χ2v) is 6.48. The normalized spacial score (nSPS) is 22.0. The molecule has 1 aromatic rings. The van der Waals surface area contributed by atoms with E-state index in [4.69, 9.17) is 4.74 Å².